The van der Waals surface area contributed by atoms with Crippen LogP contribution < -0.4 is 0 Å². The Labute approximate surface area is 322 Å². The van der Waals surface area contributed by atoms with Gasteiger partial charge in [0.25, 0.3) is 0 Å². The van der Waals surface area contributed by atoms with Crippen LogP contribution in [-0.4, -0.2) is 19.5 Å². The number of hydrogen-bond acceptors (Lipinski definition) is 4. The predicted molar refractivity (Wildman–Crippen MR) is 229 cm³/mol. The highest BCUT2D eigenvalue weighted by Crippen LogP contribution is 2.43. The van der Waals surface area contributed by atoms with Crippen molar-refractivity contribution in [1.82, 2.24) is 19.5 Å². The molecule has 11 rings (SSSR count). The summed E-state index contributed by atoms with van der Waals surface area (Å²) in [6, 6.07) is 67.3. The molecule has 5 heteroatoms. The maximum absolute atomic E-state index is 7.04. The molecule has 11 aromatic rings. The topological polar surface area (TPSA) is 56.7 Å². The van der Waals surface area contributed by atoms with Crippen LogP contribution in [0.15, 0.2) is 199 Å². The van der Waals surface area contributed by atoms with Crippen LogP contribution in [0, 0.1) is 0 Å². The van der Waals surface area contributed by atoms with Gasteiger partial charge in [0, 0.05) is 43.8 Å². The van der Waals surface area contributed by atoms with Gasteiger partial charge in [0.2, 0.25) is 0 Å². The number of furan rings is 1. The third kappa shape index (κ3) is 5.21. The van der Waals surface area contributed by atoms with Gasteiger partial charge in [0.1, 0.15) is 5.58 Å². The summed E-state index contributed by atoms with van der Waals surface area (Å²) >= 11 is 0. The number of benzene rings is 8. The van der Waals surface area contributed by atoms with E-state index in [1.165, 1.54) is 11.1 Å². The molecule has 0 aliphatic heterocycles. The second-order valence-electron chi connectivity index (χ2n) is 14.0. The molecule has 0 unspecified atom stereocenters. The van der Waals surface area contributed by atoms with Crippen LogP contribution in [0.4, 0.5) is 0 Å². The lowest BCUT2D eigenvalue weighted by atomic mass is 9.99. The molecule has 0 amide bonds. The van der Waals surface area contributed by atoms with Gasteiger partial charge in [0.05, 0.1) is 16.7 Å². The number of hydrogen-bond donors (Lipinski definition) is 0. The minimum Gasteiger partial charge on any atom is -0.453 e. The van der Waals surface area contributed by atoms with E-state index in [-0.39, 0.29) is 0 Å². The van der Waals surface area contributed by atoms with Crippen molar-refractivity contribution in [2.45, 2.75) is 0 Å². The fraction of sp³-hybridized carbons (Fsp3) is 0. The fourth-order valence-corrected chi connectivity index (χ4v) is 8.06. The second kappa shape index (κ2) is 13.0. The molecule has 0 atom stereocenters. The first-order valence-electron chi connectivity index (χ1n) is 18.8. The minimum absolute atomic E-state index is 0.602. The highest BCUT2D eigenvalue weighted by atomic mass is 16.3. The lowest BCUT2D eigenvalue weighted by Gasteiger charge is -2.13. The van der Waals surface area contributed by atoms with Gasteiger partial charge < -0.3 is 8.98 Å². The fourth-order valence-electron chi connectivity index (χ4n) is 8.06. The summed E-state index contributed by atoms with van der Waals surface area (Å²) in [5.74, 6) is 1.85. The van der Waals surface area contributed by atoms with Crippen molar-refractivity contribution in [3.8, 4) is 62.1 Å². The van der Waals surface area contributed by atoms with Gasteiger partial charge in [-0.05, 0) is 34.9 Å². The highest BCUT2D eigenvalue weighted by Gasteiger charge is 2.23. The standard InChI is InChI=1S/C51H32N4O/c1-4-15-33(16-5-1)34-29-31-35(32-30-34)38-22-12-24-41-42-25-14-28-45(48(42)56-47(38)41)55-44-27-11-10-21-39(44)40-23-13-26-43(46(40)55)51-53-49(36-17-6-2-7-18-36)52-50(54-51)37-19-8-3-9-20-37/h1-32H. The van der Waals surface area contributed by atoms with Crippen molar-refractivity contribution < 1.29 is 4.42 Å². The van der Waals surface area contributed by atoms with E-state index in [2.05, 4.69) is 132 Å². The van der Waals surface area contributed by atoms with Gasteiger partial charge >= 0.3 is 0 Å². The molecule has 8 aromatic carbocycles. The number of rotatable bonds is 6. The normalized spacial score (nSPS) is 11.6. The number of fused-ring (bicyclic) bond motifs is 6. The van der Waals surface area contributed by atoms with Crippen LogP contribution in [0.1, 0.15) is 0 Å². The van der Waals surface area contributed by atoms with E-state index in [9.17, 15) is 0 Å². The number of aromatic nitrogens is 4. The first kappa shape index (κ1) is 31.9. The molecule has 5 nitrogen and oxygen atoms in total. The maximum Gasteiger partial charge on any atom is 0.166 e. The van der Waals surface area contributed by atoms with Crippen LogP contribution >= 0.6 is 0 Å². The molecule has 0 aliphatic carbocycles. The third-order valence-electron chi connectivity index (χ3n) is 10.7. The average Bonchev–Trinajstić information content (AvgIpc) is 3.84. The molecule has 3 aromatic heterocycles. The molecule has 56 heavy (non-hydrogen) atoms. The van der Waals surface area contributed by atoms with E-state index in [1.54, 1.807) is 0 Å². The Morgan fingerprint density at radius 3 is 1.48 bits per heavy atom. The third-order valence-corrected chi connectivity index (χ3v) is 10.7. The van der Waals surface area contributed by atoms with Crippen LogP contribution in [0.5, 0.6) is 0 Å². The Balaban J connectivity index is 1.15. The maximum atomic E-state index is 7.04. The first-order valence-corrected chi connectivity index (χ1v) is 18.8. The Kier molecular flexibility index (Phi) is 7.42. The Bertz CT molecular complexity index is 3160. The van der Waals surface area contributed by atoms with Crippen molar-refractivity contribution in [3.63, 3.8) is 0 Å². The molecule has 0 fully saturated rings. The Morgan fingerprint density at radius 2 is 0.804 bits per heavy atom. The van der Waals surface area contributed by atoms with Crippen molar-refractivity contribution in [2.24, 2.45) is 0 Å². The van der Waals surface area contributed by atoms with E-state index in [0.717, 1.165) is 77.2 Å². The van der Waals surface area contributed by atoms with E-state index in [0.29, 0.717) is 17.5 Å². The second-order valence-corrected chi connectivity index (χ2v) is 14.0. The minimum atomic E-state index is 0.602. The molecule has 0 spiro atoms. The van der Waals surface area contributed by atoms with Crippen LogP contribution in [0.2, 0.25) is 0 Å². The Morgan fingerprint density at radius 1 is 0.321 bits per heavy atom. The predicted octanol–water partition coefficient (Wildman–Crippen LogP) is 13.2. The lowest BCUT2D eigenvalue weighted by molar-refractivity contribution is 0.667. The summed E-state index contributed by atoms with van der Waals surface area (Å²) in [6.45, 7) is 0. The summed E-state index contributed by atoms with van der Waals surface area (Å²) < 4.78 is 9.37. The van der Waals surface area contributed by atoms with Crippen molar-refractivity contribution in [1.29, 1.82) is 0 Å². The molecular formula is C51H32N4O. The average molecular weight is 717 g/mol. The van der Waals surface area contributed by atoms with Gasteiger partial charge in [0.15, 0.2) is 23.1 Å². The molecule has 0 radical (unpaired) electrons. The Hall–Kier alpha value is -7.63. The summed E-state index contributed by atoms with van der Waals surface area (Å²) in [6.07, 6.45) is 0. The van der Waals surface area contributed by atoms with Gasteiger partial charge in [-0.2, -0.15) is 0 Å². The van der Waals surface area contributed by atoms with Gasteiger partial charge in [-0.1, -0.05) is 176 Å². The van der Waals surface area contributed by atoms with E-state index in [1.807, 2.05) is 66.7 Å². The van der Waals surface area contributed by atoms with Crippen LogP contribution in [0.3, 0.4) is 0 Å². The zero-order chi connectivity index (χ0) is 37.0. The molecular weight excluding hydrogens is 685 g/mol. The summed E-state index contributed by atoms with van der Waals surface area (Å²) in [5, 5.41) is 4.37. The summed E-state index contributed by atoms with van der Waals surface area (Å²) in [5.41, 5.74) is 12.0. The summed E-state index contributed by atoms with van der Waals surface area (Å²) in [4.78, 5) is 15.3. The van der Waals surface area contributed by atoms with E-state index in [4.69, 9.17) is 19.4 Å². The quantitative estimate of drug-likeness (QED) is 0.172. The molecule has 0 N–H and O–H groups in total. The van der Waals surface area contributed by atoms with Crippen molar-refractivity contribution >= 4 is 43.7 Å². The lowest BCUT2D eigenvalue weighted by Crippen LogP contribution is -2.02. The molecule has 0 aliphatic rings. The van der Waals surface area contributed by atoms with Gasteiger partial charge in [-0.15, -0.1) is 0 Å². The SMILES string of the molecule is c1ccc(-c2ccc(-c3cccc4c3oc3c(-n5c6ccccc6c6cccc(-c7nc(-c8ccccc8)nc(-c8ccccc8)n7)c65)cccc34)cc2)cc1. The zero-order valence-corrected chi connectivity index (χ0v) is 30.2. The van der Waals surface area contributed by atoms with Crippen LogP contribution in [0.25, 0.3) is 106 Å². The van der Waals surface area contributed by atoms with Gasteiger partial charge in [-0.25, -0.2) is 15.0 Å². The molecule has 262 valence electrons. The smallest absolute Gasteiger partial charge is 0.166 e. The van der Waals surface area contributed by atoms with Crippen molar-refractivity contribution in [2.75, 3.05) is 0 Å². The molecule has 0 saturated heterocycles. The van der Waals surface area contributed by atoms with E-state index >= 15 is 0 Å². The van der Waals surface area contributed by atoms with E-state index < -0.39 is 0 Å². The first-order chi connectivity index (χ1) is 27.8. The van der Waals surface area contributed by atoms with Gasteiger partial charge in [-0.3, -0.25) is 0 Å². The monoisotopic (exact) mass is 716 g/mol. The summed E-state index contributed by atoms with van der Waals surface area (Å²) in [7, 11) is 0. The van der Waals surface area contributed by atoms with Crippen molar-refractivity contribution in [3.05, 3.63) is 194 Å². The molecule has 0 saturated carbocycles. The number of para-hydroxylation sites is 4. The largest absolute Gasteiger partial charge is 0.453 e. The zero-order valence-electron chi connectivity index (χ0n) is 30.2. The highest BCUT2D eigenvalue weighted by molar-refractivity contribution is 6.16. The molecule has 0 bridgehead atoms. The molecule has 3 heterocycles. The number of nitrogens with zero attached hydrogens (tertiary/aromatic N) is 4. The van der Waals surface area contributed by atoms with Crippen LogP contribution in [-0.2, 0) is 0 Å².